The van der Waals surface area contributed by atoms with E-state index in [0.29, 0.717) is 9.75 Å². The molecule has 344 valence electrons. The Morgan fingerprint density at radius 1 is 0.412 bits per heavy atom. The van der Waals surface area contributed by atoms with Crippen molar-refractivity contribution in [3.8, 4) is 52.9 Å². The predicted octanol–water partition coefficient (Wildman–Crippen LogP) is 19.3. The number of hydrogen-bond acceptors (Lipinski definition) is 6. The first-order valence-electron chi connectivity index (χ1n) is 25.0. The smallest absolute Gasteiger partial charge is 0.160 e. The minimum Gasteiger partial charge on any atom is -0.310 e. The highest BCUT2D eigenvalue weighted by Crippen LogP contribution is 2.58. The van der Waals surface area contributed by atoms with Gasteiger partial charge >= 0.3 is 0 Å². The fourth-order valence-corrected chi connectivity index (χ4v) is 14.7. The first kappa shape index (κ1) is 46.1. The van der Waals surface area contributed by atoms with Crippen molar-refractivity contribution in [3.05, 3.63) is 172 Å². The Bertz CT molecular complexity index is 2890. The van der Waals surface area contributed by atoms with Gasteiger partial charge in [0.1, 0.15) is 0 Å². The van der Waals surface area contributed by atoms with Crippen LogP contribution in [-0.2, 0) is 10.8 Å². The van der Waals surface area contributed by atoms with Gasteiger partial charge in [0.2, 0.25) is 0 Å². The van der Waals surface area contributed by atoms with Crippen LogP contribution in [0.25, 0.3) is 52.9 Å². The maximum Gasteiger partial charge on any atom is 0.160 e. The number of rotatable bonds is 20. The molecule has 2 aliphatic rings. The zero-order valence-electron chi connectivity index (χ0n) is 39.9. The Balaban J connectivity index is 1.14. The summed E-state index contributed by atoms with van der Waals surface area (Å²) in [6.07, 6.45) is 15.9. The molecular weight excluding hydrogens is 887 g/mol. The third-order valence-corrected chi connectivity index (χ3v) is 18.4. The van der Waals surface area contributed by atoms with Gasteiger partial charge in [-0.2, -0.15) is 0 Å². The van der Waals surface area contributed by atoms with E-state index in [1.54, 1.807) is 11.3 Å². The topological polar surface area (TPSA) is 37.4 Å². The molecule has 0 saturated heterocycles. The summed E-state index contributed by atoms with van der Waals surface area (Å²) in [6.45, 7) is 9.33. The largest absolute Gasteiger partial charge is 0.310 e. The molecule has 8 aromatic rings. The first-order chi connectivity index (χ1) is 33.4. The lowest BCUT2D eigenvalue weighted by Crippen LogP contribution is -2.26. The summed E-state index contributed by atoms with van der Waals surface area (Å²) >= 11 is 4.77. The standard InChI is InChI=1S/C62H61NO2S3/c1-5-9-33-61(34-10-6-2)53-19-15-13-17-48(53)50-29-25-44(37-55(50)61)63(45-26-30-51-49-18-14-16-20-54(49)62(35-11-7-3,36-12-8-4)56(51)38-45)43-23-21-42(22-24-43)59-39-52(57-31-27-46(40-64)66-57)60(68-59)58-32-28-47(41-65)67-58/h13-32,37-41H,5-12,33-36H2,1-4H3. The summed E-state index contributed by atoms with van der Waals surface area (Å²) in [4.78, 5) is 31.9. The third-order valence-electron chi connectivity index (χ3n) is 15.0. The lowest BCUT2D eigenvalue weighted by Gasteiger charge is -2.35. The van der Waals surface area contributed by atoms with Gasteiger partial charge in [-0.25, -0.2) is 0 Å². The van der Waals surface area contributed by atoms with Gasteiger partial charge in [-0.3, -0.25) is 9.59 Å². The van der Waals surface area contributed by atoms with E-state index >= 15 is 0 Å². The number of nitrogens with zero attached hydrogens (tertiary/aromatic N) is 1. The average molecular weight is 948 g/mol. The molecule has 5 aromatic carbocycles. The molecule has 0 bridgehead atoms. The number of fused-ring (bicyclic) bond motifs is 6. The van der Waals surface area contributed by atoms with E-state index in [0.717, 1.165) is 74.6 Å². The molecular formula is C62H61NO2S3. The van der Waals surface area contributed by atoms with Gasteiger partial charge in [0.15, 0.2) is 12.6 Å². The highest BCUT2D eigenvalue weighted by molar-refractivity contribution is 7.25. The second-order valence-corrected chi connectivity index (χ2v) is 22.3. The Hall–Kier alpha value is -5.66. The SMILES string of the molecule is CCCCC1(CCCC)c2ccccc2-c2ccc(N(c3ccc(-c4cc(-c5ccc(C=O)s5)c(-c5ccc(C=O)s5)s4)cc3)c3ccc4c(c3)C(CCCC)(CCCC)c3ccccc3-4)cc21. The van der Waals surface area contributed by atoms with Crippen LogP contribution in [0.15, 0.2) is 140 Å². The van der Waals surface area contributed by atoms with Crippen LogP contribution in [0.5, 0.6) is 0 Å². The zero-order valence-corrected chi connectivity index (χ0v) is 42.4. The summed E-state index contributed by atoms with van der Waals surface area (Å²) < 4.78 is 0. The maximum absolute atomic E-state index is 11.8. The molecule has 0 N–H and O–H groups in total. The Morgan fingerprint density at radius 3 is 1.32 bits per heavy atom. The Labute approximate surface area is 415 Å². The van der Waals surface area contributed by atoms with Gasteiger partial charge in [-0.05, 0) is 142 Å². The molecule has 0 unspecified atom stereocenters. The van der Waals surface area contributed by atoms with Gasteiger partial charge in [-0.15, -0.1) is 34.0 Å². The molecule has 3 nitrogen and oxygen atoms in total. The van der Waals surface area contributed by atoms with E-state index in [1.165, 1.54) is 130 Å². The number of aldehydes is 2. The molecule has 10 rings (SSSR count). The summed E-state index contributed by atoms with van der Waals surface area (Å²) in [5.41, 5.74) is 17.2. The summed E-state index contributed by atoms with van der Waals surface area (Å²) in [6, 6.07) is 52.6. The van der Waals surface area contributed by atoms with Crippen LogP contribution in [-0.4, -0.2) is 12.6 Å². The van der Waals surface area contributed by atoms with E-state index < -0.39 is 0 Å². The van der Waals surface area contributed by atoms with E-state index in [4.69, 9.17) is 0 Å². The molecule has 0 radical (unpaired) electrons. The van der Waals surface area contributed by atoms with Crippen LogP contribution in [0.1, 0.15) is 146 Å². The normalized spacial score (nSPS) is 13.8. The summed E-state index contributed by atoms with van der Waals surface area (Å²) in [5, 5.41) is 0. The lowest BCUT2D eigenvalue weighted by atomic mass is 9.70. The van der Waals surface area contributed by atoms with Crippen molar-refractivity contribution in [2.75, 3.05) is 4.90 Å². The Morgan fingerprint density at radius 2 is 0.853 bits per heavy atom. The van der Waals surface area contributed by atoms with Crippen LogP contribution in [0, 0.1) is 0 Å². The summed E-state index contributed by atoms with van der Waals surface area (Å²) in [5.74, 6) is 0. The van der Waals surface area contributed by atoms with Crippen LogP contribution in [0.2, 0.25) is 0 Å². The zero-order chi connectivity index (χ0) is 46.8. The fraction of sp³-hybridized carbons (Fsp3) is 0.290. The van der Waals surface area contributed by atoms with Crippen molar-refractivity contribution < 1.29 is 9.59 Å². The molecule has 68 heavy (non-hydrogen) atoms. The number of carbonyl (C=O) groups excluding carboxylic acids is 2. The van der Waals surface area contributed by atoms with Gasteiger partial charge in [0.25, 0.3) is 0 Å². The number of carbonyl (C=O) groups is 2. The fourth-order valence-electron chi connectivity index (χ4n) is 11.6. The number of benzene rings is 5. The van der Waals surface area contributed by atoms with Gasteiger partial charge in [0.05, 0.1) is 14.6 Å². The molecule has 6 heteroatoms. The number of anilines is 3. The minimum atomic E-state index is -0.0306. The molecule has 3 heterocycles. The predicted molar refractivity (Wildman–Crippen MR) is 292 cm³/mol. The van der Waals surface area contributed by atoms with Crippen LogP contribution in [0.3, 0.4) is 0 Å². The molecule has 0 saturated carbocycles. The molecule has 2 aliphatic carbocycles. The molecule has 0 aliphatic heterocycles. The van der Waals surface area contributed by atoms with Gasteiger partial charge in [-0.1, -0.05) is 152 Å². The molecule has 0 spiro atoms. The average Bonchev–Trinajstić information content (AvgIpc) is 4.24. The second-order valence-electron chi connectivity index (χ2n) is 19.0. The summed E-state index contributed by atoms with van der Waals surface area (Å²) in [7, 11) is 0. The third kappa shape index (κ3) is 8.06. The van der Waals surface area contributed by atoms with Crippen LogP contribution < -0.4 is 4.90 Å². The molecule has 0 atom stereocenters. The second kappa shape index (κ2) is 19.7. The van der Waals surface area contributed by atoms with Crippen molar-refractivity contribution in [2.45, 2.75) is 116 Å². The van der Waals surface area contributed by atoms with E-state index in [2.05, 4.69) is 148 Å². The number of hydrogen-bond donors (Lipinski definition) is 0. The van der Waals surface area contributed by atoms with E-state index in [1.807, 2.05) is 24.3 Å². The molecule has 0 amide bonds. The Kier molecular flexibility index (Phi) is 13.4. The highest BCUT2D eigenvalue weighted by Gasteiger charge is 2.44. The molecule has 0 fully saturated rings. The van der Waals surface area contributed by atoms with Crippen LogP contribution >= 0.6 is 34.0 Å². The number of thiophene rings is 3. The van der Waals surface area contributed by atoms with Crippen molar-refractivity contribution in [1.29, 1.82) is 0 Å². The van der Waals surface area contributed by atoms with Crippen molar-refractivity contribution in [3.63, 3.8) is 0 Å². The maximum atomic E-state index is 11.8. The highest BCUT2D eigenvalue weighted by atomic mass is 32.1. The lowest BCUT2D eigenvalue weighted by molar-refractivity contribution is 0.111. The van der Waals surface area contributed by atoms with E-state index in [9.17, 15) is 9.59 Å². The van der Waals surface area contributed by atoms with Gasteiger partial charge in [0, 0.05) is 48.1 Å². The van der Waals surface area contributed by atoms with Crippen molar-refractivity contribution in [2.24, 2.45) is 0 Å². The van der Waals surface area contributed by atoms with Crippen molar-refractivity contribution >= 4 is 63.6 Å². The van der Waals surface area contributed by atoms with E-state index in [-0.39, 0.29) is 10.8 Å². The first-order valence-corrected chi connectivity index (χ1v) is 27.5. The monoisotopic (exact) mass is 947 g/mol. The quantitative estimate of drug-likeness (QED) is 0.0715. The van der Waals surface area contributed by atoms with Crippen molar-refractivity contribution in [1.82, 2.24) is 0 Å². The molecule has 3 aromatic heterocycles. The number of unbranched alkanes of at least 4 members (excludes halogenated alkanes) is 4. The van der Waals surface area contributed by atoms with Gasteiger partial charge < -0.3 is 4.90 Å². The minimum absolute atomic E-state index is 0.0306. The van der Waals surface area contributed by atoms with Crippen LogP contribution in [0.4, 0.5) is 17.1 Å².